The second-order valence-corrected chi connectivity index (χ2v) is 9.96. The molecule has 0 saturated heterocycles. The summed E-state index contributed by atoms with van der Waals surface area (Å²) in [5, 5.41) is 5.90. The molecule has 0 bridgehead atoms. The van der Waals surface area contributed by atoms with Gasteiger partial charge in [0, 0.05) is 55.0 Å². The standard InChI is InChI=1S/C30H40N4O4/c1-6-34(7-2)15-14-31-30(38)28-20(4)27(32-21(28)5)18-25-24-17-22(12-13-26(24)33-29(25)37)16-23(36)11-9-8-10-19(3)35/h12-13,17-18,32H,6-11,14-16H2,1-5H3,(H,31,38)(H,33,37)/b25-18-. The molecule has 0 saturated carbocycles. The summed E-state index contributed by atoms with van der Waals surface area (Å²) in [4.78, 5) is 54.8. The highest BCUT2D eigenvalue weighted by Crippen LogP contribution is 2.35. The minimum atomic E-state index is -0.218. The van der Waals surface area contributed by atoms with Gasteiger partial charge in [0.05, 0.1) is 11.1 Å². The number of Topliss-reactive ketones (excluding diaryl/α,β-unsaturated/α-hetero) is 2. The lowest BCUT2D eigenvalue weighted by Crippen LogP contribution is -2.35. The molecule has 0 fully saturated rings. The van der Waals surface area contributed by atoms with Crippen molar-refractivity contribution in [2.75, 3.05) is 31.5 Å². The molecule has 1 aliphatic rings. The molecule has 3 rings (SSSR count). The summed E-state index contributed by atoms with van der Waals surface area (Å²) < 4.78 is 0. The van der Waals surface area contributed by atoms with Gasteiger partial charge < -0.3 is 25.3 Å². The number of carbonyl (C=O) groups is 4. The van der Waals surface area contributed by atoms with Gasteiger partial charge in [0.2, 0.25) is 0 Å². The lowest BCUT2D eigenvalue weighted by Gasteiger charge is -2.18. The Hall–Kier alpha value is -3.52. The van der Waals surface area contributed by atoms with E-state index in [1.54, 1.807) is 13.0 Å². The van der Waals surface area contributed by atoms with Crippen LogP contribution in [0, 0.1) is 13.8 Å². The highest BCUT2D eigenvalue weighted by molar-refractivity contribution is 6.35. The minimum Gasteiger partial charge on any atom is -0.358 e. The van der Waals surface area contributed by atoms with Crippen molar-refractivity contribution in [2.24, 2.45) is 0 Å². The van der Waals surface area contributed by atoms with Crippen LogP contribution < -0.4 is 10.6 Å². The molecule has 8 heteroatoms. The van der Waals surface area contributed by atoms with Crippen LogP contribution >= 0.6 is 0 Å². The third-order valence-corrected chi connectivity index (χ3v) is 7.10. The minimum absolute atomic E-state index is 0.115. The van der Waals surface area contributed by atoms with Gasteiger partial charge >= 0.3 is 0 Å². The van der Waals surface area contributed by atoms with Crippen molar-refractivity contribution < 1.29 is 19.2 Å². The number of nitrogens with one attached hydrogen (secondary N) is 3. The van der Waals surface area contributed by atoms with E-state index in [0.29, 0.717) is 48.3 Å². The van der Waals surface area contributed by atoms with Crippen molar-refractivity contribution in [3.8, 4) is 0 Å². The van der Waals surface area contributed by atoms with Crippen molar-refractivity contribution in [1.29, 1.82) is 0 Å². The molecular formula is C30H40N4O4. The van der Waals surface area contributed by atoms with Crippen LogP contribution in [0.4, 0.5) is 5.69 Å². The number of rotatable bonds is 14. The van der Waals surface area contributed by atoms with Gasteiger partial charge in [-0.3, -0.25) is 14.4 Å². The maximum absolute atomic E-state index is 12.9. The first-order valence-corrected chi connectivity index (χ1v) is 13.5. The summed E-state index contributed by atoms with van der Waals surface area (Å²) in [6.07, 6.45) is 4.43. The molecule has 204 valence electrons. The molecule has 2 heterocycles. The van der Waals surface area contributed by atoms with Gasteiger partial charge in [-0.2, -0.15) is 0 Å². The molecule has 0 unspecified atom stereocenters. The Morgan fingerprint density at radius 2 is 1.76 bits per heavy atom. The van der Waals surface area contributed by atoms with Crippen LogP contribution in [0.2, 0.25) is 0 Å². The molecule has 2 amide bonds. The predicted octanol–water partition coefficient (Wildman–Crippen LogP) is 4.46. The molecule has 1 aromatic carbocycles. The number of anilines is 1. The molecule has 0 aliphatic carbocycles. The van der Waals surface area contributed by atoms with Crippen molar-refractivity contribution in [3.05, 3.63) is 51.8 Å². The fourth-order valence-corrected chi connectivity index (χ4v) is 4.86. The number of fused-ring (bicyclic) bond motifs is 1. The van der Waals surface area contributed by atoms with E-state index in [1.165, 1.54) is 0 Å². The lowest BCUT2D eigenvalue weighted by atomic mass is 9.98. The number of hydrogen-bond acceptors (Lipinski definition) is 5. The van der Waals surface area contributed by atoms with Crippen LogP contribution in [0.15, 0.2) is 18.2 Å². The number of aryl methyl sites for hydroxylation is 1. The molecule has 2 aromatic rings. The Morgan fingerprint density at radius 3 is 2.45 bits per heavy atom. The third kappa shape index (κ3) is 7.28. The first kappa shape index (κ1) is 29.0. The summed E-state index contributed by atoms with van der Waals surface area (Å²) in [5.41, 5.74) is 5.62. The normalized spacial score (nSPS) is 13.6. The lowest BCUT2D eigenvalue weighted by molar-refractivity contribution is -0.119. The number of likely N-dealkylation sites (N-methyl/N-ethyl adjacent to an activating group) is 1. The van der Waals surface area contributed by atoms with E-state index in [0.717, 1.165) is 48.4 Å². The first-order valence-electron chi connectivity index (χ1n) is 13.5. The van der Waals surface area contributed by atoms with Crippen LogP contribution in [0.5, 0.6) is 0 Å². The number of benzene rings is 1. The van der Waals surface area contributed by atoms with Gasteiger partial charge in [0.25, 0.3) is 11.8 Å². The van der Waals surface area contributed by atoms with Crippen LogP contribution in [0.3, 0.4) is 0 Å². The number of aromatic amines is 1. The van der Waals surface area contributed by atoms with Crippen molar-refractivity contribution in [2.45, 2.75) is 66.7 Å². The molecule has 38 heavy (non-hydrogen) atoms. The van der Waals surface area contributed by atoms with E-state index in [-0.39, 0.29) is 29.8 Å². The molecule has 0 spiro atoms. The third-order valence-electron chi connectivity index (χ3n) is 7.10. The van der Waals surface area contributed by atoms with Gasteiger partial charge in [-0.25, -0.2) is 0 Å². The molecule has 3 N–H and O–H groups in total. The van der Waals surface area contributed by atoms with Crippen molar-refractivity contribution in [3.63, 3.8) is 0 Å². The summed E-state index contributed by atoms with van der Waals surface area (Å²) in [5.74, 6) is -0.0927. The Kier molecular flexibility index (Phi) is 10.2. The van der Waals surface area contributed by atoms with Crippen LogP contribution in [0.25, 0.3) is 11.6 Å². The number of aromatic nitrogens is 1. The number of H-pyrrole nitrogens is 1. The zero-order valence-electron chi connectivity index (χ0n) is 23.3. The Bertz CT molecular complexity index is 1240. The second-order valence-electron chi connectivity index (χ2n) is 9.96. The summed E-state index contributed by atoms with van der Waals surface area (Å²) >= 11 is 0. The second kappa shape index (κ2) is 13.3. The van der Waals surface area contributed by atoms with Gasteiger partial charge in [-0.15, -0.1) is 0 Å². The quantitative estimate of drug-likeness (QED) is 0.252. The Labute approximate surface area is 225 Å². The molecule has 8 nitrogen and oxygen atoms in total. The van der Waals surface area contributed by atoms with E-state index >= 15 is 0 Å². The SMILES string of the molecule is CCN(CC)CCNC(=O)c1c(C)[nH]c(/C=C2\C(=O)Nc3ccc(CC(=O)CCCCC(C)=O)cc32)c1C. The summed E-state index contributed by atoms with van der Waals surface area (Å²) in [6.45, 7) is 12.7. The molecule has 1 aliphatic heterocycles. The van der Waals surface area contributed by atoms with Gasteiger partial charge in [-0.05, 0) is 76.0 Å². The molecule has 1 aromatic heterocycles. The first-order chi connectivity index (χ1) is 18.1. The Morgan fingerprint density at radius 1 is 1.05 bits per heavy atom. The number of amides is 2. The van der Waals surface area contributed by atoms with Gasteiger partial charge in [0.1, 0.15) is 11.6 Å². The summed E-state index contributed by atoms with van der Waals surface area (Å²) in [7, 11) is 0. The Balaban J connectivity index is 1.74. The van der Waals surface area contributed by atoms with E-state index in [9.17, 15) is 19.2 Å². The van der Waals surface area contributed by atoms with Crippen molar-refractivity contribution >= 4 is 40.7 Å². The fourth-order valence-electron chi connectivity index (χ4n) is 4.86. The zero-order chi connectivity index (χ0) is 27.8. The smallest absolute Gasteiger partial charge is 0.256 e. The monoisotopic (exact) mass is 520 g/mol. The fraction of sp³-hybridized carbons (Fsp3) is 0.467. The number of hydrogen-bond donors (Lipinski definition) is 3. The van der Waals surface area contributed by atoms with Gasteiger partial charge in [0.15, 0.2) is 0 Å². The maximum Gasteiger partial charge on any atom is 0.256 e. The van der Waals surface area contributed by atoms with Crippen LogP contribution in [-0.4, -0.2) is 59.4 Å². The van der Waals surface area contributed by atoms with Crippen LogP contribution in [0.1, 0.15) is 84.9 Å². The predicted molar refractivity (Wildman–Crippen MR) is 151 cm³/mol. The topological polar surface area (TPSA) is 111 Å². The number of nitrogens with zero attached hydrogens (tertiary/aromatic N) is 1. The highest BCUT2D eigenvalue weighted by atomic mass is 16.2. The largest absolute Gasteiger partial charge is 0.358 e. The van der Waals surface area contributed by atoms with Crippen molar-refractivity contribution in [1.82, 2.24) is 15.2 Å². The number of carbonyl (C=O) groups excluding carboxylic acids is 4. The van der Waals surface area contributed by atoms with E-state index in [2.05, 4.69) is 34.4 Å². The highest BCUT2D eigenvalue weighted by Gasteiger charge is 2.26. The van der Waals surface area contributed by atoms with Crippen LogP contribution in [-0.2, 0) is 20.8 Å². The summed E-state index contributed by atoms with van der Waals surface area (Å²) in [6, 6.07) is 5.58. The maximum atomic E-state index is 12.9. The molecule has 0 atom stereocenters. The number of ketones is 2. The van der Waals surface area contributed by atoms with E-state index < -0.39 is 0 Å². The zero-order valence-corrected chi connectivity index (χ0v) is 23.3. The van der Waals surface area contributed by atoms with E-state index in [4.69, 9.17) is 0 Å². The van der Waals surface area contributed by atoms with E-state index in [1.807, 2.05) is 32.0 Å². The average molecular weight is 521 g/mol. The average Bonchev–Trinajstić information content (AvgIpc) is 3.33. The molecular weight excluding hydrogens is 480 g/mol. The number of unbranched alkanes of at least 4 members (excludes halogenated alkanes) is 1. The molecule has 0 radical (unpaired) electrons. The van der Waals surface area contributed by atoms with Gasteiger partial charge in [-0.1, -0.05) is 19.9 Å².